The van der Waals surface area contributed by atoms with Crippen molar-refractivity contribution in [1.82, 2.24) is 0 Å². The first-order valence-corrected chi connectivity index (χ1v) is 11.8. The Balaban J connectivity index is 1.61. The molecule has 1 amide bonds. The molecule has 33 heavy (non-hydrogen) atoms. The number of ketones is 1. The van der Waals surface area contributed by atoms with Gasteiger partial charge in [-0.05, 0) is 50.1 Å². The molecule has 3 aromatic rings. The fraction of sp³-hybridized carbons (Fsp3) is 0.222. The quantitative estimate of drug-likeness (QED) is 0.251. The van der Waals surface area contributed by atoms with Crippen LogP contribution in [0.15, 0.2) is 77.7 Å². The van der Waals surface area contributed by atoms with Crippen molar-refractivity contribution in [3.8, 4) is 0 Å². The van der Waals surface area contributed by atoms with E-state index in [-0.39, 0.29) is 17.4 Å². The van der Waals surface area contributed by atoms with Crippen LogP contribution in [0.5, 0.6) is 0 Å². The molecule has 6 heteroatoms. The number of anilines is 1. The average molecular weight is 462 g/mol. The van der Waals surface area contributed by atoms with Crippen LogP contribution in [0, 0.1) is 6.92 Å². The molecule has 5 nitrogen and oxygen atoms in total. The second-order valence-corrected chi connectivity index (χ2v) is 8.68. The van der Waals surface area contributed by atoms with E-state index in [9.17, 15) is 14.4 Å². The van der Waals surface area contributed by atoms with Gasteiger partial charge in [0.25, 0.3) is 0 Å². The van der Waals surface area contributed by atoms with Crippen molar-refractivity contribution in [2.45, 2.75) is 38.2 Å². The zero-order valence-electron chi connectivity index (χ0n) is 19.0. The number of hydrogen-bond donors (Lipinski definition) is 1. The maximum absolute atomic E-state index is 12.8. The summed E-state index contributed by atoms with van der Waals surface area (Å²) in [6, 6.07) is 21.8. The Labute approximate surface area is 198 Å². The molecule has 0 spiro atoms. The fourth-order valence-electron chi connectivity index (χ4n) is 3.16. The predicted octanol–water partition coefficient (Wildman–Crippen LogP) is 5.72. The van der Waals surface area contributed by atoms with Gasteiger partial charge in [-0.2, -0.15) is 0 Å². The number of aryl methyl sites for hydroxylation is 2. The molecule has 3 rings (SSSR count). The number of nitrogens with one attached hydrogen (secondary N) is 1. The van der Waals surface area contributed by atoms with Crippen molar-refractivity contribution >= 4 is 35.1 Å². The third kappa shape index (κ3) is 6.80. The number of esters is 1. The van der Waals surface area contributed by atoms with Gasteiger partial charge in [0, 0.05) is 16.1 Å². The van der Waals surface area contributed by atoms with E-state index < -0.39 is 12.1 Å². The van der Waals surface area contributed by atoms with Crippen molar-refractivity contribution in [2.75, 3.05) is 11.1 Å². The summed E-state index contributed by atoms with van der Waals surface area (Å²) in [4.78, 5) is 38.4. The standard InChI is InChI=1S/C27H27NO4S/c1-4-20-11-13-21(14-12-20)26(30)19(3)32-27(31)23-7-5-6-8-24(23)33-17-25(29)28-22-15-9-18(2)10-16-22/h5-16,19H,4,17H2,1-3H3,(H,28,29)/t19-/m1/s1. The van der Waals surface area contributed by atoms with Gasteiger partial charge >= 0.3 is 5.97 Å². The van der Waals surface area contributed by atoms with Crippen molar-refractivity contribution in [1.29, 1.82) is 0 Å². The molecule has 0 aromatic heterocycles. The molecule has 1 N–H and O–H groups in total. The van der Waals surface area contributed by atoms with Gasteiger partial charge in [-0.25, -0.2) is 4.79 Å². The van der Waals surface area contributed by atoms with Crippen LogP contribution in [0.4, 0.5) is 5.69 Å². The molecule has 3 aromatic carbocycles. The molecule has 0 fully saturated rings. The summed E-state index contributed by atoms with van der Waals surface area (Å²) in [7, 11) is 0. The first-order chi connectivity index (χ1) is 15.9. The van der Waals surface area contributed by atoms with Crippen LogP contribution in [0.1, 0.15) is 45.7 Å². The number of carbonyl (C=O) groups is 3. The van der Waals surface area contributed by atoms with Crippen LogP contribution in [-0.2, 0) is 16.0 Å². The normalized spacial score (nSPS) is 11.5. The highest BCUT2D eigenvalue weighted by molar-refractivity contribution is 8.00. The summed E-state index contributed by atoms with van der Waals surface area (Å²) in [5.74, 6) is -0.890. The summed E-state index contributed by atoms with van der Waals surface area (Å²) < 4.78 is 5.46. The van der Waals surface area contributed by atoms with Crippen molar-refractivity contribution < 1.29 is 19.1 Å². The van der Waals surface area contributed by atoms with Crippen LogP contribution >= 0.6 is 11.8 Å². The van der Waals surface area contributed by atoms with Crippen LogP contribution < -0.4 is 5.32 Å². The minimum atomic E-state index is -0.923. The van der Waals surface area contributed by atoms with E-state index >= 15 is 0 Å². The van der Waals surface area contributed by atoms with Gasteiger partial charge in [-0.3, -0.25) is 9.59 Å². The largest absolute Gasteiger partial charge is 0.451 e. The first-order valence-electron chi connectivity index (χ1n) is 10.8. The SMILES string of the molecule is CCc1ccc(C(=O)[C@@H](C)OC(=O)c2ccccc2SCC(=O)Nc2ccc(C)cc2)cc1. The molecule has 0 aliphatic carbocycles. The maximum atomic E-state index is 12.8. The van der Waals surface area contributed by atoms with Crippen LogP contribution in [0.25, 0.3) is 0 Å². The molecule has 0 unspecified atom stereocenters. The Morgan fingerprint density at radius 3 is 2.27 bits per heavy atom. The van der Waals surface area contributed by atoms with Gasteiger partial charge < -0.3 is 10.1 Å². The smallest absolute Gasteiger partial charge is 0.339 e. The van der Waals surface area contributed by atoms with Gasteiger partial charge in [0.15, 0.2) is 6.10 Å². The fourth-order valence-corrected chi connectivity index (χ4v) is 4.00. The van der Waals surface area contributed by atoms with E-state index in [1.165, 1.54) is 11.8 Å². The predicted molar refractivity (Wildman–Crippen MR) is 132 cm³/mol. The van der Waals surface area contributed by atoms with Gasteiger partial charge in [0.1, 0.15) is 0 Å². The lowest BCUT2D eigenvalue weighted by atomic mass is 10.0. The number of benzene rings is 3. The van der Waals surface area contributed by atoms with E-state index in [0.717, 1.165) is 23.2 Å². The van der Waals surface area contributed by atoms with Crippen molar-refractivity contribution in [2.24, 2.45) is 0 Å². The number of rotatable bonds is 9. The summed E-state index contributed by atoms with van der Waals surface area (Å²) in [6.07, 6.45) is -0.0379. The molecule has 170 valence electrons. The van der Waals surface area contributed by atoms with E-state index in [2.05, 4.69) is 5.32 Å². The number of hydrogen-bond acceptors (Lipinski definition) is 5. The highest BCUT2D eigenvalue weighted by Crippen LogP contribution is 2.24. The van der Waals surface area contributed by atoms with E-state index in [1.807, 2.05) is 50.2 Å². The zero-order valence-corrected chi connectivity index (χ0v) is 19.8. The summed E-state index contributed by atoms with van der Waals surface area (Å²) >= 11 is 1.24. The second-order valence-electron chi connectivity index (χ2n) is 7.66. The molecule has 0 saturated carbocycles. The lowest BCUT2D eigenvalue weighted by Crippen LogP contribution is -2.24. The summed E-state index contributed by atoms with van der Waals surface area (Å²) in [6.45, 7) is 5.59. The molecule has 0 heterocycles. The summed E-state index contributed by atoms with van der Waals surface area (Å²) in [5, 5.41) is 2.84. The molecule has 0 aliphatic rings. The minimum absolute atomic E-state index is 0.135. The molecule has 0 saturated heterocycles. The van der Waals surface area contributed by atoms with Gasteiger partial charge in [0.2, 0.25) is 11.7 Å². The highest BCUT2D eigenvalue weighted by Gasteiger charge is 2.22. The average Bonchev–Trinajstić information content (AvgIpc) is 2.84. The monoisotopic (exact) mass is 461 g/mol. The number of amides is 1. The van der Waals surface area contributed by atoms with Gasteiger partial charge in [-0.1, -0.05) is 61.0 Å². The van der Waals surface area contributed by atoms with E-state index in [1.54, 1.807) is 43.3 Å². The number of carbonyl (C=O) groups excluding carboxylic acids is 3. The minimum Gasteiger partial charge on any atom is -0.451 e. The molecule has 1 atom stereocenters. The molecule has 0 bridgehead atoms. The number of Topliss-reactive ketones (excluding diaryl/α,β-unsaturated/α-hetero) is 1. The van der Waals surface area contributed by atoms with E-state index in [0.29, 0.717) is 16.0 Å². The zero-order chi connectivity index (χ0) is 23.8. The second kappa shape index (κ2) is 11.5. The molecular weight excluding hydrogens is 434 g/mol. The summed E-state index contributed by atoms with van der Waals surface area (Å²) in [5.41, 5.74) is 3.79. The molecular formula is C27H27NO4S. The Morgan fingerprint density at radius 2 is 1.61 bits per heavy atom. The van der Waals surface area contributed by atoms with Crippen LogP contribution in [0.2, 0.25) is 0 Å². The Hall–Kier alpha value is -3.38. The topological polar surface area (TPSA) is 72.5 Å². The number of thioether (sulfide) groups is 1. The van der Waals surface area contributed by atoms with Crippen molar-refractivity contribution in [3.05, 3.63) is 95.1 Å². The van der Waals surface area contributed by atoms with Crippen LogP contribution in [0.3, 0.4) is 0 Å². The van der Waals surface area contributed by atoms with Crippen molar-refractivity contribution in [3.63, 3.8) is 0 Å². The maximum Gasteiger partial charge on any atom is 0.339 e. The lowest BCUT2D eigenvalue weighted by molar-refractivity contribution is -0.113. The lowest BCUT2D eigenvalue weighted by Gasteiger charge is -2.14. The Bertz CT molecular complexity index is 1120. The third-order valence-electron chi connectivity index (χ3n) is 5.10. The van der Waals surface area contributed by atoms with Gasteiger partial charge in [0.05, 0.1) is 11.3 Å². The Kier molecular flexibility index (Phi) is 8.44. The van der Waals surface area contributed by atoms with Crippen LogP contribution in [-0.4, -0.2) is 29.5 Å². The van der Waals surface area contributed by atoms with Gasteiger partial charge in [-0.15, -0.1) is 11.8 Å². The number of ether oxygens (including phenoxy) is 1. The highest BCUT2D eigenvalue weighted by atomic mass is 32.2. The Morgan fingerprint density at radius 1 is 0.939 bits per heavy atom. The molecule has 0 aliphatic heterocycles. The van der Waals surface area contributed by atoms with E-state index in [4.69, 9.17) is 4.74 Å². The first kappa shape index (κ1) is 24.3. The third-order valence-corrected chi connectivity index (χ3v) is 6.17. The molecule has 0 radical (unpaired) electrons.